The molecule has 8 heteroatoms. The van der Waals surface area contributed by atoms with Crippen molar-refractivity contribution in [1.29, 1.82) is 0 Å². The van der Waals surface area contributed by atoms with Gasteiger partial charge in [0.2, 0.25) is 10.0 Å². The van der Waals surface area contributed by atoms with Crippen molar-refractivity contribution in [2.75, 3.05) is 18.9 Å². The topological polar surface area (TPSA) is 92.6 Å². The zero-order chi connectivity index (χ0) is 16.2. The van der Waals surface area contributed by atoms with Crippen molar-refractivity contribution in [2.24, 2.45) is 0 Å². The molecule has 118 valence electrons. The summed E-state index contributed by atoms with van der Waals surface area (Å²) in [5, 5.41) is 13.9. The van der Waals surface area contributed by atoms with Crippen LogP contribution in [0.1, 0.15) is 27.2 Å². The molecule has 0 spiro atoms. The maximum atomic E-state index is 12.5. The van der Waals surface area contributed by atoms with Gasteiger partial charge < -0.3 is 5.32 Å². The van der Waals surface area contributed by atoms with E-state index in [2.05, 4.69) is 5.32 Å². The van der Waals surface area contributed by atoms with Crippen LogP contribution in [0.5, 0.6) is 0 Å². The normalized spacial score (nSPS) is 13.2. The molecule has 1 N–H and O–H groups in total. The molecule has 21 heavy (non-hydrogen) atoms. The Morgan fingerprint density at radius 3 is 2.48 bits per heavy atom. The Balaban J connectivity index is 3.32. The van der Waals surface area contributed by atoms with Gasteiger partial charge in [-0.1, -0.05) is 6.92 Å². The zero-order valence-electron chi connectivity index (χ0n) is 12.7. The maximum Gasteiger partial charge on any atom is 0.293 e. The van der Waals surface area contributed by atoms with Crippen molar-refractivity contribution in [3.8, 4) is 0 Å². The third kappa shape index (κ3) is 3.70. The second-order valence-corrected chi connectivity index (χ2v) is 6.74. The molecule has 0 heterocycles. The van der Waals surface area contributed by atoms with Crippen molar-refractivity contribution >= 4 is 21.4 Å². The minimum atomic E-state index is -3.74. The van der Waals surface area contributed by atoms with Crippen LogP contribution in [-0.2, 0) is 10.0 Å². The number of nitrogens with zero attached hydrogens (tertiary/aromatic N) is 2. The first kappa shape index (κ1) is 17.4. The Morgan fingerprint density at radius 1 is 1.38 bits per heavy atom. The van der Waals surface area contributed by atoms with Crippen LogP contribution in [0.15, 0.2) is 23.1 Å². The van der Waals surface area contributed by atoms with Gasteiger partial charge >= 0.3 is 0 Å². The first-order valence-corrected chi connectivity index (χ1v) is 8.20. The maximum absolute atomic E-state index is 12.5. The van der Waals surface area contributed by atoms with Crippen LogP contribution in [0.4, 0.5) is 11.4 Å². The van der Waals surface area contributed by atoms with Crippen LogP contribution in [0.25, 0.3) is 0 Å². The second kappa shape index (κ2) is 6.86. The molecule has 0 aromatic heterocycles. The van der Waals surface area contributed by atoms with Crippen LogP contribution in [0.3, 0.4) is 0 Å². The Bertz CT molecular complexity index is 616. The average Bonchev–Trinajstić information content (AvgIpc) is 2.45. The average molecular weight is 315 g/mol. The van der Waals surface area contributed by atoms with Crippen LogP contribution in [0, 0.1) is 10.1 Å². The van der Waals surface area contributed by atoms with Crippen LogP contribution >= 0.6 is 0 Å². The molecule has 0 aliphatic rings. The van der Waals surface area contributed by atoms with Gasteiger partial charge in [0.05, 0.1) is 9.82 Å². The number of sulfonamides is 1. The van der Waals surface area contributed by atoms with Crippen molar-refractivity contribution in [2.45, 2.75) is 38.1 Å². The quantitative estimate of drug-likeness (QED) is 0.616. The fourth-order valence-corrected chi connectivity index (χ4v) is 3.28. The smallest absolute Gasteiger partial charge is 0.293 e. The Hall–Kier alpha value is -1.67. The molecule has 0 saturated heterocycles. The molecule has 1 unspecified atom stereocenters. The second-order valence-electron chi connectivity index (χ2n) is 4.74. The minimum absolute atomic E-state index is 0.0707. The Kier molecular flexibility index (Phi) is 5.68. The molecule has 1 aromatic carbocycles. The molecule has 0 bridgehead atoms. The third-order valence-corrected chi connectivity index (χ3v) is 5.39. The summed E-state index contributed by atoms with van der Waals surface area (Å²) in [5.41, 5.74) is 0.0723. The van der Waals surface area contributed by atoms with E-state index in [9.17, 15) is 18.5 Å². The molecule has 0 fully saturated rings. The SMILES string of the molecule is CCNc1ccc(S(=O)(=O)N(C)C(C)CC)cc1[N+](=O)[O-]. The van der Waals surface area contributed by atoms with Gasteiger partial charge in [0, 0.05) is 25.7 Å². The summed E-state index contributed by atoms with van der Waals surface area (Å²) >= 11 is 0. The highest BCUT2D eigenvalue weighted by Gasteiger charge is 2.27. The molecule has 7 nitrogen and oxygen atoms in total. The van der Waals surface area contributed by atoms with Crippen LogP contribution < -0.4 is 5.32 Å². The molecule has 0 radical (unpaired) electrons. The third-order valence-electron chi connectivity index (χ3n) is 3.42. The number of nitrogens with one attached hydrogen (secondary N) is 1. The van der Waals surface area contributed by atoms with Gasteiger partial charge in [0.25, 0.3) is 5.69 Å². The lowest BCUT2D eigenvalue weighted by Crippen LogP contribution is -2.34. The summed E-state index contributed by atoms with van der Waals surface area (Å²) in [6.07, 6.45) is 0.660. The standard InChI is InChI=1S/C13H21N3O4S/c1-5-10(3)15(4)21(19,20)11-7-8-12(14-6-2)13(9-11)16(17)18/h7-10,14H,5-6H2,1-4H3. The van der Waals surface area contributed by atoms with Crippen LogP contribution in [-0.4, -0.2) is 37.3 Å². The van der Waals surface area contributed by atoms with E-state index in [1.54, 1.807) is 6.92 Å². The molecular weight excluding hydrogens is 294 g/mol. The number of hydrogen-bond donors (Lipinski definition) is 1. The van der Waals surface area contributed by atoms with Gasteiger partial charge in [-0.15, -0.1) is 0 Å². The van der Waals surface area contributed by atoms with Gasteiger partial charge in [-0.05, 0) is 32.4 Å². The minimum Gasteiger partial charge on any atom is -0.380 e. The largest absolute Gasteiger partial charge is 0.380 e. The van der Waals surface area contributed by atoms with Gasteiger partial charge in [-0.3, -0.25) is 10.1 Å². The number of nitro groups is 1. The number of hydrogen-bond acceptors (Lipinski definition) is 5. The fraction of sp³-hybridized carbons (Fsp3) is 0.538. The fourth-order valence-electron chi connectivity index (χ4n) is 1.82. The highest BCUT2D eigenvalue weighted by molar-refractivity contribution is 7.89. The molecule has 0 amide bonds. The monoisotopic (exact) mass is 315 g/mol. The van der Waals surface area contributed by atoms with Gasteiger partial charge in [0.1, 0.15) is 5.69 Å². The number of nitro benzene ring substituents is 1. The molecule has 1 atom stereocenters. The Labute approximate surface area is 125 Å². The van der Waals surface area contributed by atoms with Crippen LogP contribution in [0.2, 0.25) is 0 Å². The van der Waals surface area contributed by atoms with E-state index in [0.29, 0.717) is 18.7 Å². The summed E-state index contributed by atoms with van der Waals surface area (Å²) in [7, 11) is -2.26. The van der Waals surface area contributed by atoms with E-state index < -0.39 is 14.9 Å². The summed E-state index contributed by atoms with van der Waals surface area (Å²) in [5.74, 6) is 0. The van der Waals surface area contributed by atoms with Crippen molar-refractivity contribution in [1.82, 2.24) is 4.31 Å². The highest BCUT2D eigenvalue weighted by Crippen LogP contribution is 2.29. The van der Waals surface area contributed by atoms with E-state index >= 15 is 0 Å². The van der Waals surface area contributed by atoms with Crippen molar-refractivity contribution in [3.05, 3.63) is 28.3 Å². The van der Waals surface area contributed by atoms with Gasteiger partial charge in [-0.2, -0.15) is 4.31 Å². The highest BCUT2D eigenvalue weighted by atomic mass is 32.2. The molecule has 0 saturated carbocycles. The zero-order valence-corrected chi connectivity index (χ0v) is 13.5. The number of rotatable bonds is 7. The van der Waals surface area contributed by atoms with E-state index in [0.717, 1.165) is 6.07 Å². The van der Waals surface area contributed by atoms with E-state index in [-0.39, 0.29) is 16.6 Å². The lowest BCUT2D eigenvalue weighted by Gasteiger charge is -2.23. The van der Waals surface area contributed by atoms with Crippen molar-refractivity contribution in [3.63, 3.8) is 0 Å². The molecule has 0 aliphatic heterocycles. The molecular formula is C13H21N3O4S. The summed E-state index contributed by atoms with van der Waals surface area (Å²) in [4.78, 5) is 10.4. The molecule has 0 aliphatic carbocycles. The summed E-state index contributed by atoms with van der Waals surface area (Å²) in [6.45, 7) is 6.00. The van der Waals surface area contributed by atoms with E-state index in [1.165, 1.54) is 23.5 Å². The first-order valence-electron chi connectivity index (χ1n) is 6.76. The summed E-state index contributed by atoms with van der Waals surface area (Å²) in [6, 6.07) is 3.74. The predicted molar refractivity (Wildman–Crippen MR) is 82.0 cm³/mol. The lowest BCUT2D eigenvalue weighted by atomic mass is 10.2. The molecule has 1 rings (SSSR count). The van der Waals surface area contributed by atoms with Gasteiger partial charge in [0.15, 0.2) is 0 Å². The van der Waals surface area contributed by atoms with E-state index in [4.69, 9.17) is 0 Å². The number of benzene rings is 1. The van der Waals surface area contributed by atoms with Gasteiger partial charge in [-0.25, -0.2) is 8.42 Å². The van der Waals surface area contributed by atoms with Crippen molar-refractivity contribution < 1.29 is 13.3 Å². The number of anilines is 1. The summed E-state index contributed by atoms with van der Waals surface area (Å²) < 4.78 is 26.2. The van der Waals surface area contributed by atoms with E-state index in [1.807, 2.05) is 13.8 Å². The molecule has 1 aromatic rings. The Morgan fingerprint density at radius 2 is 2.00 bits per heavy atom. The first-order chi connectivity index (χ1) is 9.75. The predicted octanol–water partition coefficient (Wildman–Crippen LogP) is 2.45. The lowest BCUT2D eigenvalue weighted by molar-refractivity contribution is -0.384.